The second kappa shape index (κ2) is 9.27. The van der Waals surface area contributed by atoms with Crippen LogP contribution in [0.25, 0.3) is 0 Å². The predicted octanol–water partition coefficient (Wildman–Crippen LogP) is -0.133. The summed E-state index contributed by atoms with van der Waals surface area (Å²) in [4.78, 5) is 38.2. The fourth-order valence-electron chi connectivity index (χ4n) is 1.09. The van der Waals surface area contributed by atoms with Crippen LogP contribution >= 0.6 is 0 Å². The Morgan fingerprint density at radius 1 is 1.15 bits per heavy atom. The predicted molar refractivity (Wildman–Crippen MR) is 71.6 cm³/mol. The lowest BCUT2D eigenvalue weighted by molar-refractivity contribution is -0.125. The molecule has 0 saturated heterocycles. The van der Waals surface area contributed by atoms with Crippen LogP contribution in [0.15, 0.2) is 0 Å². The second-order valence-electron chi connectivity index (χ2n) is 5.05. The Labute approximate surface area is 118 Å². The number of ketones is 1. The third-order valence-electron chi connectivity index (χ3n) is 1.94. The molecule has 0 heterocycles. The van der Waals surface area contributed by atoms with Crippen LogP contribution in [0.2, 0.25) is 0 Å². The van der Waals surface area contributed by atoms with Crippen LogP contribution in [0, 0.1) is 0 Å². The van der Waals surface area contributed by atoms with Crippen molar-refractivity contribution in [2.45, 2.75) is 39.2 Å². The molecular weight excluding hydrogens is 266 g/mol. The molecule has 0 aromatic rings. The van der Waals surface area contributed by atoms with Gasteiger partial charge < -0.3 is 15.8 Å². The number of ether oxygens (including phenoxy) is 1. The van der Waals surface area contributed by atoms with Gasteiger partial charge in [0.1, 0.15) is 11.4 Å². The minimum absolute atomic E-state index is 0.0593. The van der Waals surface area contributed by atoms with Crippen molar-refractivity contribution in [1.82, 2.24) is 10.8 Å². The monoisotopic (exact) mass is 289 g/mol. The van der Waals surface area contributed by atoms with Gasteiger partial charge in [-0.05, 0) is 20.8 Å². The van der Waals surface area contributed by atoms with E-state index in [0.29, 0.717) is 0 Å². The van der Waals surface area contributed by atoms with Gasteiger partial charge >= 0.3 is 6.09 Å². The molecular formula is C12H23N3O5. The molecule has 20 heavy (non-hydrogen) atoms. The van der Waals surface area contributed by atoms with Crippen LogP contribution in [0.5, 0.6) is 0 Å². The van der Waals surface area contributed by atoms with Crippen LogP contribution in [-0.2, 0) is 19.2 Å². The van der Waals surface area contributed by atoms with E-state index in [9.17, 15) is 14.4 Å². The standard InChI is InChI=1S/C12H23N3O5/c1-12(2,3)20-11(18)15-19-7-6-14-10(17)5-4-9(16)8-13/h4-8,13H2,1-3H3,(H,14,17)(H,15,18). The number of nitrogens with one attached hydrogen (secondary N) is 2. The van der Waals surface area contributed by atoms with Gasteiger partial charge in [0, 0.05) is 19.4 Å². The van der Waals surface area contributed by atoms with Gasteiger partial charge in [-0.2, -0.15) is 5.48 Å². The molecule has 0 aromatic heterocycles. The van der Waals surface area contributed by atoms with E-state index in [2.05, 4.69) is 10.8 Å². The molecule has 0 spiro atoms. The van der Waals surface area contributed by atoms with Gasteiger partial charge in [0.05, 0.1) is 13.2 Å². The lowest BCUT2D eigenvalue weighted by Crippen LogP contribution is -2.35. The van der Waals surface area contributed by atoms with Gasteiger partial charge in [0.15, 0.2) is 0 Å². The molecule has 0 aliphatic heterocycles. The highest BCUT2D eigenvalue weighted by Gasteiger charge is 2.15. The Bertz CT molecular complexity index is 338. The number of carbonyl (C=O) groups excluding carboxylic acids is 3. The average Bonchev–Trinajstić information content (AvgIpc) is 2.33. The number of hydrogen-bond acceptors (Lipinski definition) is 6. The second-order valence-corrected chi connectivity index (χ2v) is 5.05. The smallest absolute Gasteiger partial charge is 0.431 e. The van der Waals surface area contributed by atoms with Crippen molar-refractivity contribution < 1.29 is 24.0 Å². The number of hydroxylamine groups is 1. The molecule has 0 radical (unpaired) electrons. The Kier molecular flexibility index (Phi) is 8.49. The maximum Gasteiger partial charge on any atom is 0.431 e. The van der Waals surface area contributed by atoms with Crippen molar-refractivity contribution in [1.29, 1.82) is 0 Å². The zero-order valence-electron chi connectivity index (χ0n) is 12.2. The minimum atomic E-state index is -0.697. The highest BCUT2D eigenvalue weighted by atomic mass is 16.7. The molecule has 0 bridgehead atoms. The number of amides is 2. The Balaban J connectivity index is 3.55. The first-order chi connectivity index (χ1) is 9.24. The van der Waals surface area contributed by atoms with Gasteiger partial charge in [-0.1, -0.05) is 0 Å². The van der Waals surface area contributed by atoms with Crippen LogP contribution in [-0.4, -0.2) is 43.1 Å². The van der Waals surface area contributed by atoms with Gasteiger partial charge in [-0.3, -0.25) is 14.4 Å². The lowest BCUT2D eigenvalue weighted by atomic mass is 10.2. The van der Waals surface area contributed by atoms with E-state index in [-0.39, 0.29) is 44.2 Å². The van der Waals surface area contributed by atoms with Crippen LogP contribution in [0.4, 0.5) is 4.79 Å². The summed E-state index contributed by atoms with van der Waals surface area (Å²) in [5.74, 6) is -0.435. The van der Waals surface area contributed by atoms with Gasteiger partial charge in [0.25, 0.3) is 0 Å². The maximum atomic E-state index is 11.3. The molecule has 0 fully saturated rings. The normalized spacial score (nSPS) is 10.8. The summed E-state index contributed by atoms with van der Waals surface area (Å²) >= 11 is 0. The van der Waals surface area contributed by atoms with Crippen molar-refractivity contribution in [2.75, 3.05) is 19.7 Å². The summed E-state index contributed by atoms with van der Waals surface area (Å²) in [5, 5.41) is 2.54. The van der Waals surface area contributed by atoms with Crippen molar-refractivity contribution >= 4 is 17.8 Å². The van der Waals surface area contributed by atoms with Gasteiger partial charge in [0.2, 0.25) is 5.91 Å². The number of carbonyl (C=O) groups is 3. The van der Waals surface area contributed by atoms with Gasteiger partial charge in [-0.25, -0.2) is 4.79 Å². The SMILES string of the molecule is CC(C)(C)OC(=O)NOCCNC(=O)CCC(=O)CN. The molecule has 0 aliphatic rings. The van der Waals surface area contributed by atoms with E-state index < -0.39 is 11.7 Å². The highest BCUT2D eigenvalue weighted by molar-refractivity contribution is 5.85. The summed E-state index contributed by atoms with van der Waals surface area (Å²) in [6, 6.07) is 0. The fraction of sp³-hybridized carbons (Fsp3) is 0.750. The minimum Gasteiger partial charge on any atom is -0.442 e. The molecule has 0 aromatic carbocycles. The first kappa shape index (κ1) is 18.3. The van der Waals surface area contributed by atoms with E-state index in [4.69, 9.17) is 15.3 Å². The molecule has 116 valence electrons. The summed E-state index contributed by atoms with van der Waals surface area (Å²) < 4.78 is 4.93. The molecule has 0 atom stereocenters. The quantitative estimate of drug-likeness (QED) is 0.423. The van der Waals surface area contributed by atoms with Crippen molar-refractivity contribution in [3.05, 3.63) is 0 Å². The molecule has 4 N–H and O–H groups in total. The van der Waals surface area contributed by atoms with E-state index >= 15 is 0 Å². The Hall–Kier alpha value is -1.67. The Morgan fingerprint density at radius 3 is 2.35 bits per heavy atom. The largest absolute Gasteiger partial charge is 0.442 e. The summed E-state index contributed by atoms with van der Waals surface area (Å²) in [5.41, 5.74) is 6.61. The lowest BCUT2D eigenvalue weighted by Gasteiger charge is -2.19. The summed E-state index contributed by atoms with van der Waals surface area (Å²) in [7, 11) is 0. The first-order valence-electron chi connectivity index (χ1n) is 6.34. The maximum absolute atomic E-state index is 11.3. The van der Waals surface area contributed by atoms with Crippen molar-refractivity contribution in [3.8, 4) is 0 Å². The zero-order chi connectivity index (χ0) is 15.6. The van der Waals surface area contributed by atoms with Crippen LogP contribution in [0.3, 0.4) is 0 Å². The third kappa shape index (κ3) is 11.4. The Morgan fingerprint density at radius 2 is 1.80 bits per heavy atom. The summed E-state index contributed by atoms with van der Waals surface area (Å²) in [6.45, 7) is 5.44. The molecule has 0 unspecified atom stereocenters. The zero-order valence-corrected chi connectivity index (χ0v) is 12.2. The fourth-order valence-corrected chi connectivity index (χ4v) is 1.09. The average molecular weight is 289 g/mol. The molecule has 8 nitrogen and oxygen atoms in total. The number of Topliss-reactive ketones (excluding diaryl/α,β-unsaturated/α-hetero) is 1. The third-order valence-corrected chi connectivity index (χ3v) is 1.94. The molecule has 0 rings (SSSR count). The van der Waals surface area contributed by atoms with Crippen molar-refractivity contribution in [2.24, 2.45) is 5.73 Å². The molecule has 2 amide bonds. The number of hydrogen-bond donors (Lipinski definition) is 3. The van der Waals surface area contributed by atoms with E-state index in [1.165, 1.54) is 0 Å². The summed E-state index contributed by atoms with van der Waals surface area (Å²) in [6.07, 6.45) is -0.480. The topological polar surface area (TPSA) is 120 Å². The van der Waals surface area contributed by atoms with E-state index in [1.807, 2.05) is 0 Å². The molecule has 0 saturated carbocycles. The van der Waals surface area contributed by atoms with E-state index in [0.717, 1.165) is 0 Å². The van der Waals surface area contributed by atoms with Crippen LogP contribution in [0.1, 0.15) is 33.6 Å². The van der Waals surface area contributed by atoms with E-state index in [1.54, 1.807) is 20.8 Å². The highest BCUT2D eigenvalue weighted by Crippen LogP contribution is 2.06. The van der Waals surface area contributed by atoms with Gasteiger partial charge in [-0.15, -0.1) is 0 Å². The number of nitrogens with two attached hydrogens (primary N) is 1. The van der Waals surface area contributed by atoms with Crippen molar-refractivity contribution in [3.63, 3.8) is 0 Å². The molecule has 8 heteroatoms. The first-order valence-corrected chi connectivity index (χ1v) is 6.34. The molecule has 0 aliphatic carbocycles. The van der Waals surface area contributed by atoms with Crippen LogP contribution < -0.4 is 16.5 Å². The number of rotatable bonds is 8.